The highest BCUT2D eigenvalue weighted by molar-refractivity contribution is 6.30. The SMILES string of the molecule is COCc1nnc2n1CCN(C(=O)CCc1ccc(Cl)cc1)[C@@H]2C. The average Bonchev–Trinajstić information content (AvgIpc) is 2.99. The van der Waals surface area contributed by atoms with Gasteiger partial charge < -0.3 is 14.2 Å². The van der Waals surface area contributed by atoms with Crippen LogP contribution in [0.3, 0.4) is 0 Å². The Labute approximate surface area is 146 Å². The minimum atomic E-state index is -0.0745. The summed E-state index contributed by atoms with van der Waals surface area (Å²) in [5.41, 5.74) is 1.11. The minimum Gasteiger partial charge on any atom is -0.377 e. The van der Waals surface area contributed by atoms with E-state index in [2.05, 4.69) is 14.8 Å². The maximum atomic E-state index is 12.6. The van der Waals surface area contributed by atoms with E-state index in [-0.39, 0.29) is 11.9 Å². The highest BCUT2D eigenvalue weighted by Crippen LogP contribution is 2.25. The molecule has 1 aromatic heterocycles. The third-order valence-electron chi connectivity index (χ3n) is 4.40. The summed E-state index contributed by atoms with van der Waals surface area (Å²) in [4.78, 5) is 14.5. The second-order valence-corrected chi connectivity index (χ2v) is 6.39. The van der Waals surface area contributed by atoms with Crippen molar-refractivity contribution < 1.29 is 9.53 Å². The van der Waals surface area contributed by atoms with Gasteiger partial charge in [0.15, 0.2) is 11.6 Å². The van der Waals surface area contributed by atoms with Crippen molar-refractivity contribution in [3.8, 4) is 0 Å². The molecule has 0 bridgehead atoms. The van der Waals surface area contributed by atoms with Crippen LogP contribution in [-0.4, -0.2) is 39.2 Å². The summed E-state index contributed by atoms with van der Waals surface area (Å²) in [5.74, 6) is 1.78. The van der Waals surface area contributed by atoms with Crippen molar-refractivity contribution in [3.05, 3.63) is 46.5 Å². The molecule has 0 unspecified atom stereocenters. The molecule has 0 N–H and O–H groups in total. The van der Waals surface area contributed by atoms with E-state index in [0.717, 1.165) is 17.2 Å². The Morgan fingerprint density at radius 2 is 2.04 bits per heavy atom. The van der Waals surface area contributed by atoms with Gasteiger partial charge in [0.05, 0.1) is 6.04 Å². The first-order valence-electron chi connectivity index (χ1n) is 8.05. The van der Waals surface area contributed by atoms with Crippen molar-refractivity contribution in [1.29, 1.82) is 0 Å². The fourth-order valence-corrected chi connectivity index (χ4v) is 3.19. The lowest BCUT2D eigenvalue weighted by molar-refractivity contribution is -0.134. The van der Waals surface area contributed by atoms with E-state index in [9.17, 15) is 4.79 Å². The second kappa shape index (κ2) is 7.32. The number of hydrogen-bond acceptors (Lipinski definition) is 4. The van der Waals surface area contributed by atoms with Crippen molar-refractivity contribution in [2.45, 2.75) is 39.0 Å². The Morgan fingerprint density at radius 1 is 1.29 bits per heavy atom. The van der Waals surface area contributed by atoms with Gasteiger partial charge in [-0.25, -0.2) is 0 Å². The van der Waals surface area contributed by atoms with E-state index in [1.54, 1.807) is 7.11 Å². The number of aryl methyl sites for hydroxylation is 1. The van der Waals surface area contributed by atoms with Gasteiger partial charge >= 0.3 is 0 Å². The third kappa shape index (κ3) is 3.44. The first-order valence-corrected chi connectivity index (χ1v) is 8.42. The lowest BCUT2D eigenvalue weighted by atomic mass is 10.1. The lowest BCUT2D eigenvalue weighted by Gasteiger charge is -2.33. The summed E-state index contributed by atoms with van der Waals surface area (Å²) in [5, 5.41) is 9.12. The molecule has 6 nitrogen and oxygen atoms in total. The maximum absolute atomic E-state index is 12.6. The van der Waals surface area contributed by atoms with Gasteiger partial charge in [-0.3, -0.25) is 4.79 Å². The molecule has 1 aliphatic rings. The molecule has 1 aromatic carbocycles. The normalized spacial score (nSPS) is 17.0. The van der Waals surface area contributed by atoms with Gasteiger partial charge in [0.25, 0.3) is 0 Å². The number of benzene rings is 1. The van der Waals surface area contributed by atoms with Gasteiger partial charge in [-0.1, -0.05) is 23.7 Å². The molecule has 0 radical (unpaired) electrons. The smallest absolute Gasteiger partial charge is 0.223 e. The zero-order chi connectivity index (χ0) is 17.1. The summed E-state index contributed by atoms with van der Waals surface area (Å²) < 4.78 is 7.20. The number of carbonyl (C=O) groups excluding carboxylic acids is 1. The number of amides is 1. The zero-order valence-corrected chi connectivity index (χ0v) is 14.7. The topological polar surface area (TPSA) is 60.3 Å². The van der Waals surface area contributed by atoms with E-state index >= 15 is 0 Å². The number of fused-ring (bicyclic) bond motifs is 1. The number of halogens is 1. The van der Waals surface area contributed by atoms with Crippen LogP contribution in [0, 0.1) is 0 Å². The van der Waals surface area contributed by atoms with Crippen LogP contribution in [0.2, 0.25) is 5.02 Å². The Bertz CT molecular complexity index is 714. The van der Waals surface area contributed by atoms with Crippen molar-refractivity contribution in [1.82, 2.24) is 19.7 Å². The summed E-state index contributed by atoms with van der Waals surface area (Å²) >= 11 is 5.89. The van der Waals surface area contributed by atoms with E-state index in [1.165, 1.54) is 0 Å². The van der Waals surface area contributed by atoms with Crippen molar-refractivity contribution in [2.24, 2.45) is 0 Å². The zero-order valence-electron chi connectivity index (χ0n) is 13.9. The number of aromatic nitrogens is 3. The molecule has 2 heterocycles. The average molecular weight is 349 g/mol. The molecule has 24 heavy (non-hydrogen) atoms. The molecule has 0 spiro atoms. The van der Waals surface area contributed by atoms with Crippen LogP contribution in [-0.2, 0) is 29.1 Å². The van der Waals surface area contributed by atoms with Gasteiger partial charge in [-0.2, -0.15) is 0 Å². The number of nitrogens with zero attached hydrogens (tertiary/aromatic N) is 4. The molecule has 1 aliphatic heterocycles. The van der Waals surface area contributed by atoms with Crippen molar-refractivity contribution in [3.63, 3.8) is 0 Å². The lowest BCUT2D eigenvalue weighted by Crippen LogP contribution is -2.41. The van der Waals surface area contributed by atoms with E-state index in [4.69, 9.17) is 16.3 Å². The molecule has 7 heteroatoms. The Hall–Kier alpha value is -1.92. The van der Waals surface area contributed by atoms with Gasteiger partial charge in [0.2, 0.25) is 5.91 Å². The fourth-order valence-electron chi connectivity index (χ4n) is 3.07. The van der Waals surface area contributed by atoms with Crippen LogP contribution in [0.1, 0.15) is 36.6 Å². The largest absolute Gasteiger partial charge is 0.377 e. The molecule has 1 atom stereocenters. The van der Waals surface area contributed by atoms with E-state index < -0.39 is 0 Å². The third-order valence-corrected chi connectivity index (χ3v) is 4.65. The molecule has 0 saturated carbocycles. The molecular weight excluding hydrogens is 328 g/mol. The van der Waals surface area contributed by atoms with Crippen LogP contribution >= 0.6 is 11.6 Å². The van der Waals surface area contributed by atoms with Crippen LogP contribution < -0.4 is 0 Å². The van der Waals surface area contributed by atoms with Crippen LogP contribution in [0.4, 0.5) is 0 Å². The van der Waals surface area contributed by atoms with Crippen molar-refractivity contribution in [2.75, 3.05) is 13.7 Å². The fraction of sp³-hybridized carbons (Fsp3) is 0.471. The molecule has 0 saturated heterocycles. The summed E-state index contributed by atoms with van der Waals surface area (Å²) in [6.45, 7) is 3.81. The Kier molecular flexibility index (Phi) is 5.16. The maximum Gasteiger partial charge on any atom is 0.223 e. The van der Waals surface area contributed by atoms with Gasteiger partial charge in [0.1, 0.15) is 6.61 Å². The number of methoxy groups -OCH3 is 1. The predicted octanol–water partition coefficient (Wildman–Crippen LogP) is 2.61. The molecule has 3 rings (SSSR count). The van der Waals surface area contributed by atoms with Crippen LogP contribution in [0.5, 0.6) is 0 Å². The first-order chi connectivity index (χ1) is 11.6. The predicted molar refractivity (Wildman–Crippen MR) is 90.6 cm³/mol. The molecular formula is C17H21ClN4O2. The first kappa shape index (κ1) is 16.9. The van der Waals surface area contributed by atoms with Crippen molar-refractivity contribution >= 4 is 17.5 Å². The van der Waals surface area contributed by atoms with Gasteiger partial charge in [0, 0.05) is 31.6 Å². The highest BCUT2D eigenvalue weighted by Gasteiger charge is 2.30. The second-order valence-electron chi connectivity index (χ2n) is 5.95. The highest BCUT2D eigenvalue weighted by atomic mass is 35.5. The number of rotatable bonds is 5. The molecule has 0 aliphatic carbocycles. The van der Waals surface area contributed by atoms with E-state index in [0.29, 0.717) is 37.6 Å². The van der Waals surface area contributed by atoms with Crippen LogP contribution in [0.15, 0.2) is 24.3 Å². The summed E-state index contributed by atoms with van der Waals surface area (Å²) in [6.07, 6.45) is 1.19. The molecule has 2 aromatic rings. The quantitative estimate of drug-likeness (QED) is 0.833. The van der Waals surface area contributed by atoms with E-state index in [1.807, 2.05) is 36.1 Å². The number of hydrogen-bond donors (Lipinski definition) is 0. The Balaban J connectivity index is 1.64. The summed E-state index contributed by atoms with van der Waals surface area (Å²) in [6, 6.07) is 7.55. The monoisotopic (exact) mass is 348 g/mol. The standard InChI is InChI=1S/C17H21ClN4O2/c1-12-17-20-19-15(11-24-2)22(17)10-9-21(12)16(23)8-5-13-3-6-14(18)7-4-13/h3-4,6-7,12H,5,8-11H2,1-2H3/t12-/m1/s1. The number of ether oxygens (including phenoxy) is 1. The van der Waals surface area contributed by atoms with Gasteiger partial charge in [-0.05, 0) is 31.0 Å². The van der Waals surface area contributed by atoms with Crippen LogP contribution in [0.25, 0.3) is 0 Å². The Morgan fingerprint density at radius 3 is 2.75 bits per heavy atom. The minimum absolute atomic E-state index is 0.0745. The molecule has 0 fully saturated rings. The van der Waals surface area contributed by atoms with Gasteiger partial charge in [-0.15, -0.1) is 10.2 Å². The molecule has 128 valence electrons. The number of carbonyl (C=O) groups is 1. The molecule has 1 amide bonds. The summed E-state index contributed by atoms with van der Waals surface area (Å²) in [7, 11) is 1.64.